The van der Waals surface area contributed by atoms with Gasteiger partial charge in [-0.1, -0.05) is 15.9 Å². The first kappa shape index (κ1) is 13.8. The highest BCUT2D eigenvalue weighted by molar-refractivity contribution is 9.10. The van der Waals surface area contributed by atoms with E-state index in [1.807, 2.05) is 0 Å². The number of nitrogens with zero attached hydrogens (tertiary/aromatic N) is 2. The Morgan fingerprint density at radius 2 is 2.05 bits per heavy atom. The minimum atomic E-state index is -0.352. The van der Waals surface area contributed by atoms with Crippen LogP contribution in [0.15, 0.2) is 28.7 Å². The fourth-order valence-electron chi connectivity index (χ4n) is 1.76. The molecule has 2 aromatic rings. The van der Waals surface area contributed by atoms with E-state index in [0.717, 1.165) is 4.47 Å². The first-order chi connectivity index (χ1) is 8.95. The number of ketones is 1. The summed E-state index contributed by atoms with van der Waals surface area (Å²) in [6.45, 7) is 3.27. The van der Waals surface area contributed by atoms with Crippen LogP contribution in [0.4, 0.5) is 4.39 Å². The van der Waals surface area contributed by atoms with Crippen molar-refractivity contribution in [2.24, 2.45) is 0 Å². The first-order valence-electron chi connectivity index (χ1n) is 5.75. The molecule has 19 heavy (non-hydrogen) atoms. The van der Waals surface area contributed by atoms with Crippen LogP contribution in [0.5, 0.6) is 0 Å². The Kier molecular flexibility index (Phi) is 4.04. The zero-order valence-corrected chi connectivity index (χ0v) is 12.2. The molecule has 0 aliphatic heterocycles. The summed E-state index contributed by atoms with van der Waals surface area (Å²) >= 11 is 3.31. The number of rotatable bonds is 3. The molecule has 0 saturated carbocycles. The lowest BCUT2D eigenvalue weighted by Crippen LogP contribution is -2.05. The number of hydrogen-bond donors (Lipinski definition) is 0. The minimum Gasteiger partial charge on any atom is -0.300 e. The van der Waals surface area contributed by atoms with E-state index in [-0.39, 0.29) is 18.0 Å². The second kappa shape index (κ2) is 5.57. The van der Waals surface area contributed by atoms with Crippen LogP contribution in [0, 0.1) is 12.7 Å². The van der Waals surface area contributed by atoms with Crippen molar-refractivity contribution in [3.63, 3.8) is 0 Å². The van der Waals surface area contributed by atoms with Gasteiger partial charge in [0.05, 0.1) is 12.1 Å². The van der Waals surface area contributed by atoms with E-state index in [1.165, 1.54) is 13.0 Å². The molecule has 2 rings (SSSR count). The third kappa shape index (κ3) is 3.44. The molecule has 0 atom stereocenters. The smallest absolute Gasteiger partial charge is 0.137 e. The van der Waals surface area contributed by atoms with Gasteiger partial charge in [0.2, 0.25) is 0 Å². The van der Waals surface area contributed by atoms with E-state index in [1.54, 1.807) is 25.1 Å². The normalized spacial score (nSPS) is 10.5. The highest BCUT2D eigenvalue weighted by atomic mass is 79.9. The Bertz CT molecular complexity index is 643. The number of hydrogen-bond acceptors (Lipinski definition) is 3. The van der Waals surface area contributed by atoms with Crippen LogP contribution in [0.3, 0.4) is 0 Å². The molecule has 1 aromatic carbocycles. The monoisotopic (exact) mass is 322 g/mol. The SMILES string of the molecule is CC(=O)Cc1nc(C)cc(-c2cc(Br)ccc2F)n1. The quantitative estimate of drug-likeness (QED) is 0.868. The third-order valence-electron chi connectivity index (χ3n) is 2.51. The third-order valence-corrected chi connectivity index (χ3v) is 3.01. The van der Waals surface area contributed by atoms with Crippen molar-refractivity contribution in [3.05, 3.63) is 46.1 Å². The van der Waals surface area contributed by atoms with Crippen molar-refractivity contribution in [2.75, 3.05) is 0 Å². The van der Waals surface area contributed by atoms with Gasteiger partial charge >= 0.3 is 0 Å². The Hall–Kier alpha value is -1.62. The van der Waals surface area contributed by atoms with E-state index in [0.29, 0.717) is 22.8 Å². The number of aromatic nitrogens is 2. The first-order valence-corrected chi connectivity index (χ1v) is 6.54. The molecule has 0 unspecified atom stereocenters. The highest BCUT2D eigenvalue weighted by Gasteiger charge is 2.11. The summed E-state index contributed by atoms with van der Waals surface area (Å²) in [7, 11) is 0. The van der Waals surface area contributed by atoms with Gasteiger partial charge in [0.25, 0.3) is 0 Å². The zero-order valence-electron chi connectivity index (χ0n) is 10.6. The van der Waals surface area contributed by atoms with Crippen LogP contribution in [-0.2, 0) is 11.2 Å². The van der Waals surface area contributed by atoms with Gasteiger partial charge in [0.1, 0.15) is 17.4 Å². The summed E-state index contributed by atoms with van der Waals surface area (Å²) in [6.07, 6.45) is 0.157. The standard InChI is InChI=1S/C14H12BrFN2O/c1-8-5-13(18-14(17-8)6-9(2)19)11-7-10(15)3-4-12(11)16/h3-5,7H,6H2,1-2H3. The van der Waals surface area contributed by atoms with Crippen molar-refractivity contribution >= 4 is 21.7 Å². The minimum absolute atomic E-state index is 0.0220. The number of Topliss-reactive ketones (excluding diaryl/α,β-unsaturated/α-hetero) is 1. The molecule has 98 valence electrons. The number of aryl methyl sites for hydroxylation is 1. The average molecular weight is 323 g/mol. The molecule has 0 radical (unpaired) electrons. The van der Waals surface area contributed by atoms with Gasteiger partial charge in [-0.25, -0.2) is 14.4 Å². The van der Waals surface area contributed by atoms with Crippen LogP contribution >= 0.6 is 15.9 Å². The average Bonchev–Trinajstić information content (AvgIpc) is 2.30. The second-order valence-electron chi connectivity index (χ2n) is 4.31. The summed E-state index contributed by atoms with van der Waals surface area (Å²) in [5.41, 5.74) is 1.59. The molecule has 5 heteroatoms. The number of benzene rings is 1. The predicted octanol–water partition coefficient (Wildman–Crippen LogP) is 3.49. The molecular formula is C14H12BrFN2O. The van der Waals surface area contributed by atoms with Crippen LogP contribution in [0.25, 0.3) is 11.3 Å². The molecule has 0 saturated heterocycles. The van der Waals surface area contributed by atoms with E-state index >= 15 is 0 Å². The van der Waals surface area contributed by atoms with Crippen molar-refractivity contribution in [3.8, 4) is 11.3 Å². The largest absolute Gasteiger partial charge is 0.300 e. The second-order valence-corrected chi connectivity index (χ2v) is 5.23. The summed E-state index contributed by atoms with van der Waals surface area (Å²) in [4.78, 5) is 19.6. The lowest BCUT2D eigenvalue weighted by Gasteiger charge is -2.07. The van der Waals surface area contributed by atoms with E-state index in [9.17, 15) is 9.18 Å². The maximum Gasteiger partial charge on any atom is 0.137 e. The van der Waals surface area contributed by atoms with Gasteiger partial charge in [-0.3, -0.25) is 4.79 Å². The molecule has 0 aliphatic rings. The van der Waals surface area contributed by atoms with Crippen LogP contribution in [-0.4, -0.2) is 15.8 Å². The van der Waals surface area contributed by atoms with Crippen molar-refractivity contribution in [1.29, 1.82) is 0 Å². The van der Waals surface area contributed by atoms with E-state index in [2.05, 4.69) is 25.9 Å². The van der Waals surface area contributed by atoms with Crippen LogP contribution in [0.2, 0.25) is 0 Å². The Morgan fingerprint density at radius 3 is 2.74 bits per heavy atom. The Morgan fingerprint density at radius 1 is 1.32 bits per heavy atom. The number of carbonyl (C=O) groups excluding carboxylic acids is 1. The van der Waals surface area contributed by atoms with Gasteiger partial charge in [-0.15, -0.1) is 0 Å². The molecule has 0 N–H and O–H groups in total. The topological polar surface area (TPSA) is 42.9 Å². The lowest BCUT2D eigenvalue weighted by atomic mass is 10.1. The van der Waals surface area contributed by atoms with Crippen LogP contribution < -0.4 is 0 Å². The van der Waals surface area contributed by atoms with Crippen molar-refractivity contribution < 1.29 is 9.18 Å². The lowest BCUT2D eigenvalue weighted by molar-refractivity contribution is -0.116. The summed E-state index contributed by atoms with van der Waals surface area (Å²) in [5.74, 6) is 0.0446. The molecule has 0 amide bonds. The predicted molar refractivity (Wildman–Crippen MR) is 74.2 cm³/mol. The summed E-state index contributed by atoms with van der Waals surface area (Å²) < 4.78 is 14.6. The van der Waals surface area contributed by atoms with Gasteiger partial charge in [0.15, 0.2) is 0 Å². The van der Waals surface area contributed by atoms with Crippen molar-refractivity contribution in [1.82, 2.24) is 9.97 Å². The number of halogens is 2. The van der Waals surface area contributed by atoms with E-state index in [4.69, 9.17) is 0 Å². The van der Waals surface area contributed by atoms with Gasteiger partial charge in [0, 0.05) is 15.7 Å². The molecule has 3 nitrogen and oxygen atoms in total. The fraction of sp³-hybridized carbons (Fsp3) is 0.214. The Balaban J connectivity index is 2.52. The zero-order chi connectivity index (χ0) is 14.0. The number of carbonyl (C=O) groups is 1. The van der Waals surface area contributed by atoms with Crippen molar-refractivity contribution in [2.45, 2.75) is 20.3 Å². The maximum absolute atomic E-state index is 13.8. The molecule has 0 fully saturated rings. The summed E-state index contributed by atoms with van der Waals surface area (Å²) in [6, 6.07) is 6.37. The molecular weight excluding hydrogens is 311 g/mol. The van der Waals surface area contributed by atoms with Gasteiger partial charge in [-0.2, -0.15) is 0 Å². The molecule has 1 aromatic heterocycles. The highest BCUT2D eigenvalue weighted by Crippen LogP contribution is 2.25. The molecule has 0 aliphatic carbocycles. The maximum atomic E-state index is 13.8. The van der Waals surface area contributed by atoms with Gasteiger partial charge in [-0.05, 0) is 38.1 Å². The molecule has 0 spiro atoms. The Labute approximate surface area is 119 Å². The van der Waals surface area contributed by atoms with Gasteiger partial charge < -0.3 is 0 Å². The van der Waals surface area contributed by atoms with Crippen LogP contribution in [0.1, 0.15) is 18.4 Å². The van der Waals surface area contributed by atoms with E-state index < -0.39 is 0 Å². The summed E-state index contributed by atoms with van der Waals surface area (Å²) in [5, 5.41) is 0. The molecule has 1 heterocycles. The molecule has 0 bridgehead atoms. The fourth-order valence-corrected chi connectivity index (χ4v) is 2.12.